The van der Waals surface area contributed by atoms with Crippen molar-refractivity contribution in [2.24, 2.45) is 0 Å². The molecule has 2 rings (SSSR count). The van der Waals surface area contributed by atoms with Crippen molar-refractivity contribution in [1.82, 2.24) is 10.6 Å². The zero-order chi connectivity index (χ0) is 15.3. The van der Waals surface area contributed by atoms with Gasteiger partial charge in [0.1, 0.15) is 0 Å². The van der Waals surface area contributed by atoms with Crippen molar-refractivity contribution < 1.29 is 4.79 Å². The Morgan fingerprint density at radius 3 is 2.77 bits per heavy atom. The standard InChI is InChI=1S/C17H26N2OS.ClH/c1-13-6-4-5-7-15(13)17(2,3)12-19-16(20)10-14-11-21-9-8-18-14;/h4-7,14,18H,8-12H2,1-3H3,(H,19,20);1H. The molecule has 1 unspecified atom stereocenters. The van der Waals surface area contributed by atoms with Crippen molar-refractivity contribution in [3.8, 4) is 0 Å². The van der Waals surface area contributed by atoms with Crippen LogP contribution in [0.4, 0.5) is 0 Å². The third-order valence-electron chi connectivity index (χ3n) is 4.03. The van der Waals surface area contributed by atoms with E-state index in [0.29, 0.717) is 19.0 Å². The first-order valence-corrected chi connectivity index (χ1v) is 8.78. The molecule has 1 aliphatic rings. The van der Waals surface area contributed by atoms with Crippen LogP contribution in [-0.4, -0.2) is 36.5 Å². The molecule has 2 N–H and O–H groups in total. The Labute approximate surface area is 144 Å². The minimum Gasteiger partial charge on any atom is -0.355 e. The number of rotatable bonds is 5. The zero-order valence-corrected chi connectivity index (χ0v) is 15.3. The first-order chi connectivity index (χ1) is 9.99. The molecule has 1 aromatic carbocycles. The predicted molar refractivity (Wildman–Crippen MR) is 98.2 cm³/mol. The lowest BCUT2D eigenvalue weighted by Gasteiger charge is -2.28. The second kappa shape index (κ2) is 8.80. The summed E-state index contributed by atoms with van der Waals surface area (Å²) in [6.45, 7) is 8.19. The van der Waals surface area contributed by atoms with Crippen LogP contribution in [-0.2, 0) is 10.2 Å². The topological polar surface area (TPSA) is 41.1 Å². The van der Waals surface area contributed by atoms with Crippen LogP contribution in [0.15, 0.2) is 24.3 Å². The number of benzene rings is 1. The summed E-state index contributed by atoms with van der Waals surface area (Å²) in [5.74, 6) is 2.34. The Bertz CT molecular complexity index is 487. The van der Waals surface area contributed by atoms with Crippen molar-refractivity contribution >= 4 is 30.1 Å². The van der Waals surface area contributed by atoms with Crippen molar-refractivity contribution in [3.05, 3.63) is 35.4 Å². The summed E-state index contributed by atoms with van der Waals surface area (Å²) in [5, 5.41) is 6.51. The molecule has 0 radical (unpaired) electrons. The third kappa shape index (κ3) is 5.49. The van der Waals surface area contributed by atoms with Gasteiger partial charge in [-0.2, -0.15) is 11.8 Å². The summed E-state index contributed by atoms with van der Waals surface area (Å²) in [5.41, 5.74) is 2.54. The van der Waals surface area contributed by atoms with Crippen LogP contribution in [0.1, 0.15) is 31.4 Å². The highest BCUT2D eigenvalue weighted by atomic mass is 35.5. The van der Waals surface area contributed by atoms with E-state index in [1.165, 1.54) is 11.1 Å². The van der Waals surface area contributed by atoms with Gasteiger partial charge in [-0.1, -0.05) is 38.1 Å². The van der Waals surface area contributed by atoms with Gasteiger partial charge in [0, 0.05) is 42.5 Å². The summed E-state index contributed by atoms with van der Waals surface area (Å²) < 4.78 is 0. The second-order valence-electron chi connectivity index (χ2n) is 6.41. The number of thioether (sulfide) groups is 1. The van der Waals surface area contributed by atoms with E-state index in [-0.39, 0.29) is 23.7 Å². The lowest BCUT2D eigenvalue weighted by atomic mass is 9.82. The highest BCUT2D eigenvalue weighted by Crippen LogP contribution is 2.25. The van der Waals surface area contributed by atoms with Crippen LogP contribution in [0, 0.1) is 6.92 Å². The Balaban J connectivity index is 0.00000242. The van der Waals surface area contributed by atoms with Crippen molar-refractivity contribution in [2.75, 3.05) is 24.6 Å². The summed E-state index contributed by atoms with van der Waals surface area (Å²) >= 11 is 1.92. The molecule has 1 aliphatic heterocycles. The molecule has 0 bridgehead atoms. The van der Waals surface area contributed by atoms with Crippen molar-refractivity contribution in [2.45, 2.75) is 38.6 Å². The van der Waals surface area contributed by atoms with Crippen LogP contribution in [0.3, 0.4) is 0 Å². The van der Waals surface area contributed by atoms with E-state index in [9.17, 15) is 4.79 Å². The smallest absolute Gasteiger partial charge is 0.221 e. The fourth-order valence-corrected chi connectivity index (χ4v) is 3.74. The minimum absolute atomic E-state index is 0. The molecule has 1 atom stereocenters. The summed E-state index contributed by atoms with van der Waals surface area (Å²) in [6, 6.07) is 8.73. The molecule has 5 heteroatoms. The van der Waals surface area contributed by atoms with Crippen molar-refractivity contribution in [3.63, 3.8) is 0 Å². The summed E-state index contributed by atoms with van der Waals surface area (Å²) in [6.07, 6.45) is 0.580. The molecule has 1 aromatic rings. The molecule has 1 fully saturated rings. The molecule has 1 saturated heterocycles. The van der Waals surface area contributed by atoms with Gasteiger partial charge in [-0.15, -0.1) is 12.4 Å². The maximum Gasteiger partial charge on any atom is 0.221 e. The summed E-state index contributed by atoms with van der Waals surface area (Å²) in [7, 11) is 0. The molecule has 1 amide bonds. The summed E-state index contributed by atoms with van der Waals surface area (Å²) in [4.78, 5) is 12.1. The highest BCUT2D eigenvalue weighted by Gasteiger charge is 2.24. The monoisotopic (exact) mass is 342 g/mol. The van der Waals surface area contributed by atoms with Gasteiger partial charge < -0.3 is 10.6 Å². The number of nitrogens with one attached hydrogen (secondary N) is 2. The number of amides is 1. The van der Waals surface area contributed by atoms with E-state index in [1.807, 2.05) is 11.8 Å². The number of halogens is 1. The van der Waals surface area contributed by atoms with E-state index in [1.54, 1.807) is 0 Å². The third-order valence-corrected chi connectivity index (χ3v) is 5.16. The van der Waals surface area contributed by atoms with Gasteiger partial charge in [0.15, 0.2) is 0 Å². The molecule has 124 valence electrons. The van der Waals surface area contributed by atoms with Crippen LogP contribution in [0.5, 0.6) is 0 Å². The average molecular weight is 343 g/mol. The largest absolute Gasteiger partial charge is 0.355 e. The van der Waals surface area contributed by atoms with Crippen molar-refractivity contribution in [1.29, 1.82) is 0 Å². The molecule has 0 aliphatic carbocycles. The number of aryl methyl sites for hydroxylation is 1. The molecular formula is C17H27ClN2OS. The lowest BCUT2D eigenvalue weighted by molar-refractivity contribution is -0.121. The van der Waals surface area contributed by atoms with Crippen LogP contribution >= 0.6 is 24.2 Å². The predicted octanol–water partition coefficient (Wildman–Crippen LogP) is 2.91. The SMILES string of the molecule is Cc1ccccc1C(C)(C)CNC(=O)CC1CSCCN1.Cl. The van der Waals surface area contributed by atoms with Gasteiger partial charge in [-0.3, -0.25) is 4.79 Å². The maximum atomic E-state index is 12.1. The number of hydrogen-bond acceptors (Lipinski definition) is 3. The van der Waals surface area contributed by atoms with E-state index < -0.39 is 0 Å². The first-order valence-electron chi connectivity index (χ1n) is 7.63. The van der Waals surface area contributed by atoms with Crippen LogP contribution in [0.2, 0.25) is 0 Å². The van der Waals surface area contributed by atoms with Crippen LogP contribution < -0.4 is 10.6 Å². The van der Waals surface area contributed by atoms with Gasteiger partial charge >= 0.3 is 0 Å². The quantitative estimate of drug-likeness (QED) is 0.864. The Morgan fingerprint density at radius 1 is 1.41 bits per heavy atom. The molecule has 3 nitrogen and oxygen atoms in total. The maximum absolute atomic E-state index is 12.1. The molecule has 0 spiro atoms. The molecular weight excluding hydrogens is 316 g/mol. The van der Waals surface area contributed by atoms with E-state index >= 15 is 0 Å². The Hall–Kier alpha value is -0.710. The molecule has 1 heterocycles. The molecule has 22 heavy (non-hydrogen) atoms. The zero-order valence-electron chi connectivity index (χ0n) is 13.6. The molecule has 0 aromatic heterocycles. The Kier molecular flexibility index (Phi) is 7.74. The Morgan fingerprint density at radius 2 is 2.14 bits per heavy atom. The van der Waals surface area contributed by atoms with Gasteiger partial charge in [0.05, 0.1) is 0 Å². The van der Waals surface area contributed by atoms with E-state index in [0.717, 1.165) is 18.1 Å². The van der Waals surface area contributed by atoms with Gasteiger partial charge in [-0.05, 0) is 18.1 Å². The van der Waals surface area contributed by atoms with Gasteiger partial charge in [0.25, 0.3) is 0 Å². The lowest BCUT2D eigenvalue weighted by Crippen LogP contribution is -2.43. The second-order valence-corrected chi connectivity index (χ2v) is 7.56. The number of carbonyl (C=O) groups is 1. The van der Waals surface area contributed by atoms with E-state index in [2.05, 4.69) is 55.7 Å². The average Bonchev–Trinajstić information content (AvgIpc) is 2.47. The fraction of sp³-hybridized carbons (Fsp3) is 0.588. The van der Waals surface area contributed by atoms with Crippen LogP contribution in [0.25, 0.3) is 0 Å². The van der Waals surface area contributed by atoms with E-state index in [4.69, 9.17) is 0 Å². The molecule has 0 saturated carbocycles. The number of carbonyl (C=O) groups excluding carboxylic acids is 1. The van der Waals surface area contributed by atoms with Gasteiger partial charge in [0.2, 0.25) is 5.91 Å². The normalized spacial score (nSPS) is 18.4. The minimum atomic E-state index is -0.0459. The fourth-order valence-electron chi connectivity index (χ4n) is 2.79. The number of hydrogen-bond donors (Lipinski definition) is 2. The highest BCUT2D eigenvalue weighted by molar-refractivity contribution is 7.99. The van der Waals surface area contributed by atoms with Gasteiger partial charge in [-0.25, -0.2) is 0 Å². The first kappa shape index (κ1) is 19.3.